The zero-order valence-corrected chi connectivity index (χ0v) is 17.5. The summed E-state index contributed by atoms with van der Waals surface area (Å²) in [6.07, 6.45) is 5.89. The standard InChI is InChI=1S/C20H22N4O5S/c1-20(2,26)16-10-22-19(29-16)30(27,28)24-18(25)23-17-13-7-3-5-11(13)15(9-21)12-6-4-8-14(12)17/h10,26H,3-8H2,1-2H3,(H2,23,24,25). The van der Waals surface area contributed by atoms with E-state index in [9.17, 15) is 23.6 Å². The quantitative estimate of drug-likeness (QED) is 0.674. The molecule has 1 aromatic carbocycles. The van der Waals surface area contributed by atoms with Gasteiger partial charge in [0, 0.05) is 5.69 Å². The fraction of sp³-hybridized carbons (Fsp3) is 0.450. The largest absolute Gasteiger partial charge is 0.429 e. The molecule has 0 spiro atoms. The molecule has 158 valence electrons. The molecule has 0 saturated carbocycles. The molecule has 0 fully saturated rings. The predicted octanol–water partition coefficient (Wildman–Crippen LogP) is 2.26. The van der Waals surface area contributed by atoms with Crippen molar-refractivity contribution in [1.29, 1.82) is 5.26 Å². The first-order valence-electron chi connectivity index (χ1n) is 9.74. The van der Waals surface area contributed by atoms with Gasteiger partial charge in [-0.1, -0.05) is 0 Å². The molecular formula is C20H22N4O5S. The van der Waals surface area contributed by atoms with E-state index in [0.29, 0.717) is 11.3 Å². The number of nitrogens with one attached hydrogen (secondary N) is 2. The summed E-state index contributed by atoms with van der Waals surface area (Å²) in [4.78, 5) is 16.2. The highest BCUT2D eigenvalue weighted by molar-refractivity contribution is 7.89. The first-order chi connectivity index (χ1) is 14.1. The Balaban J connectivity index is 1.61. The zero-order chi connectivity index (χ0) is 21.7. The number of fused-ring (bicyclic) bond motifs is 2. The minimum absolute atomic E-state index is 0.0361. The van der Waals surface area contributed by atoms with Crippen LogP contribution in [0.4, 0.5) is 10.5 Å². The van der Waals surface area contributed by atoms with Crippen molar-refractivity contribution in [3.05, 3.63) is 39.8 Å². The van der Waals surface area contributed by atoms with Crippen LogP contribution in [0.25, 0.3) is 0 Å². The van der Waals surface area contributed by atoms with E-state index in [2.05, 4.69) is 16.4 Å². The number of carbonyl (C=O) groups is 1. The molecule has 0 bridgehead atoms. The average Bonchev–Trinajstić information content (AvgIpc) is 3.40. The third kappa shape index (κ3) is 3.44. The normalized spacial score (nSPS) is 15.4. The first-order valence-corrected chi connectivity index (χ1v) is 11.2. The number of oxazole rings is 1. The molecular weight excluding hydrogens is 408 g/mol. The second kappa shape index (κ2) is 7.11. The van der Waals surface area contributed by atoms with E-state index < -0.39 is 26.9 Å². The van der Waals surface area contributed by atoms with Gasteiger partial charge in [-0.3, -0.25) is 0 Å². The number of anilines is 1. The van der Waals surface area contributed by atoms with Gasteiger partial charge in [-0.15, -0.1) is 0 Å². The number of rotatable bonds is 4. The van der Waals surface area contributed by atoms with Gasteiger partial charge in [0.25, 0.3) is 0 Å². The van der Waals surface area contributed by atoms with E-state index in [0.717, 1.165) is 67.0 Å². The number of sulfonamides is 1. The van der Waals surface area contributed by atoms with Crippen molar-refractivity contribution in [3.8, 4) is 6.07 Å². The van der Waals surface area contributed by atoms with Crippen molar-refractivity contribution in [3.63, 3.8) is 0 Å². The molecule has 2 aliphatic carbocycles. The van der Waals surface area contributed by atoms with Crippen LogP contribution < -0.4 is 10.0 Å². The molecule has 4 rings (SSSR count). The number of hydrogen-bond acceptors (Lipinski definition) is 7. The molecule has 1 aromatic heterocycles. The fourth-order valence-electron chi connectivity index (χ4n) is 4.21. The van der Waals surface area contributed by atoms with Gasteiger partial charge in [0.05, 0.1) is 17.8 Å². The minimum Gasteiger partial charge on any atom is -0.429 e. The van der Waals surface area contributed by atoms with E-state index in [1.54, 1.807) is 0 Å². The van der Waals surface area contributed by atoms with Crippen LogP contribution in [0, 0.1) is 11.3 Å². The van der Waals surface area contributed by atoms with Gasteiger partial charge in [-0.05, 0) is 74.6 Å². The average molecular weight is 430 g/mol. The van der Waals surface area contributed by atoms with Crippen LogP contribution in [0.3, 0.4) is 0 Å². The molecule has 3 N–H and O–H groups in total. The molecule has 0 atom stereocenters. The maximum atomic E-state index is 12.6. The van der Waals surface area contributed by atoms with Crippen LogP contribution in [0.2, 0.25) is 0 Å². The smallest absolute Gasteiger partial charge is 0.336 e. The van der Waals surface area contributed by atoms with Crippen molar-refractivity contribution >= 4 is 21.7 Å². The number of aromatic nitrogens is 1. The van der Waals surface area contributed by atoms with Crippen LogP contribution in [0.5, 0.6) is 0 Å². The van der Waals surface area contributed by atoms with Gasteiger partial charge >= 0.3 is 21.3 Å². The van der Waals surface area contributed by atoms with Crippen LogP contribution >= 0.6 is 0 Å². The highest BCUT2D eigenvalue weighted by Gasteiger charge is 2.32. The summed E-state index contributed by atoms with van der Waals surface area (Å²) in [5.41, 5.74) is 3.67. The predicted molar refractivity (Wildman–Crippen MR) is 106 cm³/mol. The summed E-state index contributed by atoms with van der Waals surface area (Å²) in [5.74, 6) is -0.0361. The molecule has 0 radical (unpaired) electrons. The van der Waals surface area contributed by atoms with Gasteiger partial charge in [0.2, 0.25) is 0 Å². The highest BCUT2D eigenvalue weighted by atomic mass is 32.2. The lowest BCUT2D eigenvalue weighted by molar-refractivity contribution is 0.0500. The lowest BCUT2D eigenvalue weighted by atomic mass is 9.93. The van der Waals surface area contributed by atoms with Crippen LogP contribution in [0.1, 0.15) is 60.3 Å². The van der Waals surface area contributed by atoms with E-state index in [1.807, 2.05) is 4.72 Å². The SMILES string of the molecule is CC(C)(O)c1cnc(S(=O)(=O)NC(=O)Nc2c3c(c(C#N)c4c2CCC4)CCC3)o1. The minimum atomic E-state index is -4.36. The Morgan fingerprint density at radius 1 is 1.17 bits per heavy atom. The lowest BCUT2D eigenvalue weighted by Gasteiger charge is -2.18. The van der Waals surface area contributed by atoms with Gasteiger partial charge in [-0.25, -0.2) is 14.5 Å². The number of nitriles is 1. The third-order valence-electron chi connectivity index (χ3n) is 5.54. The molecule has 1 heterocycles. The maximum absolute atomic E-state index is 12.6. The fourth-order valence-corrected chi connectivity index (χ4v) is 4.98. The Morgan fingerprint density at radius 2 is 1.73 bits per heavy atom. The molecule has 30 heavy (non-hydrogen) atoms. The van der Waals surface area contributed by atoms with Crippen LogP contribution in [-0.4, -0.2) is 24.5 Å². The van der Waals surface area contributed by atoms with Gasteiger partial charge in [-0.2, -0.15) is 13.7 Å². The van der Waals surface area contributed by atoms with Gasteiger partial charge in [0.15, 0.2) is 5.76 Å². The Morgan fingerprint density at radius 3 is 2.23 bits per heavy atom. The molecule has 0 unspecified atom stereocenters. The maximum Gasteiger partial charge on any atom is 0.336 e. The van der Waals surface area contributed by atoms with Crippen molar-refractivity contribution in [2.75, 3.05) is 5.32 Å². The number of urea groups is 1. The van der Waals surface area contributed by atoms with E-state index >= 15 is 0 Å². The second-order valence-corrected chi connectivity index (χ2v) is 9.65. The van der Waals surface area contributed by atoms with Crippen LogP contribution in [0.15, 0.2) is 15.8 Å². The molecule has 10 heteroatoms. The lowest BCUT2D eigenvalue weighted by Crippen LogP contribution is -2.35. The molecule has 0 aliphatic heterocycles. The Hall–Kier alpha value is -2.90. The molecule has 9 nitrogen and oxygen atoms in total. The number of hydrogen-bond donors (Lipinski definition) is 3. The second-order valence-electron chi connectivity index (χ2n) is 8.09. The summed E-state index contributed by atoms with van der Waals surface area (Å²) in [5, 5.41) is 21.5. The van der Waals surface area contributed by atoms with Crippen molar-refractivity contribution in [2.24, 2.45) is 0 Å². The zero-order valence-electron chi connectivity index (χ0n) is 16.7. The first kappa shape index (κ1) is 20.4. The van der Waals surface area contributed by atoms with Crippen molar-refractivity contribution < 1.29 is 22.7 Å². The summed E-state index contributed by atoms with van der Waals surface area (Å²) >= 11 is 0. The van der Waals surface area contributed by atoms with Crippen molar-refractivity contribution in [2.45, 2.75) is 63.2 Å². The summed E-state index contributed by atoms with van der Waals surface area (Å²) in [6, 6.07) is 1.39. The van der Waals surface area contributed by atoms with E-state index in [-0.39, 0.29) is 5.76 Å². The van der Waals surface area contributed by atoms with Crippen LogP contribution in [-0.2, 0) is 41.3 Å². The molecule has 0 saturated heterocycles. The number of aliphatic hydroxyl groups is 1. The Kier molecular flexibility index (Phi) is 4.83. The number of amides is 2. The Bertz CT molecular complexity index is 1150. The molecule has 2 aromatic rings. The Labute approximate surface area is 174 Å². The topological polar surface area (TPSA) is 145 Å². The van der Waals surface area contributed by atoms with E-state index in [1.165, 1.54) is 13.8 Å². The third-order valence-corrected chi connectivity index (χ3v) is 6.64. The summed E-state index contributed by atoms with van der Waals surface area (Å²) in [6.45, 7) is 2.85. The number of nitrogens with zero attached hydrogens (tertiary/aromatic N) is 2. The van der Waals surface area contributed by atoms with Crippen molar-refractivity contribution in [1.82, 2.24) is 9.71 Å². The molecule has 2 amide bonds. The number of benzene rings is 1. The highest BCUT2D eigenvalue weighted by Crippen LogP contribution is 2.41. The molecule has 2 aliphatic rings. The van der Waals surface area contributed by atoms with E-state index in [4.69, 9.17) is 4.42 Å². The monoisotopic (exact) mass is 430 g/mol. The van der Waals surface area contributed by atoms with Gasteiger partial charge in [0.1, 0.15) is 5.60 Å². The summed E-state index contributed by atoms with van der Waals surface area (Å²) < 4.78 is 32.0. The summed E-state index contributed by atoms with van der Waals surface area (Å²) in [7, 11) is -4.36. The number of carbonyl (C=O) groups excluding carboxylic acids is 1. The van der Waals surface area contributed by atoms with Gasteiger partial charge < -0.3 is 14.8 Å².